The van der Waals surface area contributed by atoms with Crippen molar-refractivity contribution in [2.45, 2.75) is 6.23 Å². The number of halogens is 2. The lowest BCUT2D eigenvalue weighted by atomic mass is 10.2. The van der Waals surface area contributed by atoms with E-state index in [-0.39, 0.29) is 12.0 Å². The van der Waals surface area contributed by atoms with Crippen molar-refractivity contribution in [2.75, 3.05) is 13.0 Å². The lowest BCUT2D eigenvalue weighted by Gasteiger charge is -2.25. The van der Waals surface area contributed by atoms with Crippen LogP contribution >= 0.6 is 11.6 Å². The van der Waals surface area contributed by atoms with Crippen molar-refractivity contribution in [3.63, 3.8) is 0 Å². The first kappa shape index (κ1) is 13.1. The van der Waals surface area contributed by atoms with E-state index in [0.717, 1.165) is 22.8 Å². The minimum atomic E-state index is -0.296. The van der Waals surface area contributed by atoms with Crippen LogP contribution in [0, 0.1) is 5.82 Å². The Kier molecular flexibility index (Phi) is 3.46. The molecule has 0 saturated carbocycles. The quantitative estimate of drug-likeness (QED) is 0.884. The number of imidazole rings is 1. The smallest absolute Gasteiger partial charge is 0.170 e. The summed E-state index contributed by atoms with van der Waals surface area (Å²) in [7, 11) is 1.61. The zero-order valence-electron chi connectivity index (χ0n) is 10.8. The van der Waals surface area contributed by atoms with Gasteiger partial charge in [-0.1, -0.05) is 0 Å². The van der Waals surface area contributed by atoms with Crippen molar-refractivity contribution in [2.24, 2.45) is 0 Å². The Morgan fingerprint density at radius 2 is 2.15 bits per heavy atom. The first-order valence-corrected chi connectivity index (χ1v) is 6.65. The number of hydrogen-bond acceptors (Lipinski definition) is 3. The molecule has 2 heterocycles. The molecule has 0 radical (unpaired) electrons. The highest BCUT2D eigenvalue weighted by molar-refractivity contribution is 6.19. The molecule has 0 fully saturated rings. The third kappa shape index (κ3) is 2.19. The minimum Gasteiger partial charge on any atom is -0.356 e. The number of hydrogen-bond donors (Lipinski definition) is 1. The van der Waals surface area contributed by atoms with Crippen LogP contribution in [0.15, 0.2) is 36.2 Å². The van der Waals surface area contributed by atoms with E-state index >= 15 is 0 Å². The van der Waals surface area contributed by atoms with Gasteiger partial charge in [0.2, 0.25) is 0 Å². The third-order valence-electron chi connectivity index (χ3n) is 3.18. The number of nitrogens with zero attached hydrogens (tertiary/aromatic N) is 2. The Balaban J connectivity index is 2.10. The second-order valence-corrected chi connectivity index (χ2v) is 4.70. The van der Waals surface area contributed by atoms with Crippen molar-refractivity contribution in [3.05, 3.63) is 47.7 Å². The molecule has 1 aliphatic heterocycles. The van der Waals surface area contributed by atoms with Gasteiger partial charge in [-0.05, 0) is 24.3 Å². The van der Waals surface area contributed by atoms with Gasteiger partial charge in [-0.3, -0.25) is 4.57 Å². The monoisotopic (exact) mass is 293 g/mol. The maximum absolute atomic E-state index is 13.0. The number of benzene rings is 1. The van der Waals surface area contributed by atoms with Gasteiger partial charge in [-0.25, -0.2) is 9.37 Å². The van der Waals surface area contributed by atoms with E-state index in [1.807, 2.05) is 10.8 Å². The fourth-order valence-electron chi connectivity index (χ4n) is 2.20. The fourth-order valence-corrected chi connectivity index (χ4v) is 2.35. The van der Waals surface area contributed by atoms with Crippen LogP contribution in [0.3, 0.4) is 0 Å². The maximum Gasteiger partial charge on any atom is 0.170 e. The molecule has 1 aromatic heterocycles. The molecule has 1 N–H and O–H groups in total. The van der Waals surface area contributed by atoms with Gasteiger partial charge in [-0.2, -0.15) is 0 Å². The predicted octanol–water partition coefficient (Wildman–Crippen LogP) is 2.97. The zero-order chi connectivity index (χ0) is 14.1. The van der Waals surface area contributed by atoms with Crippen LogP contribution in [0.2, 0.25) is 0 Å². The second kappa shape index (κ2) is 5.26. The maximum atomic E-state index is 13.0. The van der Waals surface area contributed by atoms with Crippen LogP contribution in [-0.2, 0) is 4.74 Å². The molecule has 3 rings (SSSR count). The Hall–Kier alpha value is -1.85. The van der Waals surface area contributed by atoms with Crippen LogP contribution in [-0.4, -0.2) is 22.5 Å². The molecule has 6 heteroatoms. The number of rotatable bonds is 3. The molecular weight excluding hydrogens is 281 g/mol. The van der Waals surface area contributed by atoms with E-state index in [9.17, 15) is 4.39 Å². The highest BCUT2D eigenvalue weighted by atomic mass is 35.5. The molecule has 20 heavy (non-hydrogen) atoms. The van der Waals surface area contributed by atoms with E-state index in [4.69, 9.17) is 16.3 Å². The number of nitrogens with one attached hydrogen (secondary N) is 1. The summed E-state index contributed by atoms with van der Waals surface area (Å²) in [6.45, 7) is 0. The molecule has 0 amide bonds. The Bertz CT molecular complexity index is 651. The average Bonchev–Trinajstić information content (AvgIpc) is 2.90. The summed E-state index contributed by atoms with van der Waals surface area (Å²) in [5, 5.41) is 3.17. The van der Waals surface area contributed by atoms with Crippen LogP contribution in [0.25, 0.3) is 17.6 Å². The first-order chi connectivity index (χ1) is 9.72. The summed E-state index contributed by atoms with van der Waals surface area (Å²) in [6.07, 6.45) is 3.32. The van der Waals surface area contributed by atoms with E-state index < -0.39 is 0 Å². The highest BCUT2D eigenvalue weighted by Gasteiger charge is 2.23. The minimum absolute atomic E-state index is 0.271. The molecule has 1 atom stereocenters. The van der Waals surface area contributed by atoms with Gasteiger partial charge in [0.25, 0.3) is 0 Å². The number of aromatic nitrogens is 2. The Morgan fingerprint density at radius 1 is 1.40 bits per heavy atom. The number of methoxy groups -OCH3 is 1. The molecule has 0 bridgehead atoms. The Labute approximate surface area is 120 Å². The van der Waals surface area contributed by atoms with Crippen LogP contribution < -0.4 is 5.32 Å². The SMILES string of the molecule is COC1NC(CCl)=Cn2c1cnc2-c1ccc(F)cc1. The van der Waals surface area contributed by atoms with E-state index in [1.165, 1.54) is 12.1 Å². The van der Waals surface area contributed by atoms with E-state index in [2.05, 4.69) is 10.3 Å². The van der Waals surface area contributed by atoms with Gasteiger partial charge in [-0.15, -0.1) is 11.6 Å². The van der Waals surface area contributed by atoms with Crippen molar-refractivity contribution in [1.82, 2.24) is 14.9 Å². The van der Waals surface area contributed by atoms with Crippen molar-refractivity contribution >= 4 is 17.8 Å². The Morgan fingerprint density at radius 3 is 2.80 bits per heavy atom. The molecule has 2 aromatic rings. The second-order valence-electron chi connectivity index (χ2n) is 4.43. The third-order valence-corrected chi connectivity index (χ3v) is 3.47. The normalized spacial score (nSPS) is 17.4. The number of alkyl halides is 1. The standard InChI is InChI=1S/C14H13ClFN3O/c1-20-14-12-7-17-13(9-2-4-10(16)5-3-9)19(12)8-11(6-15)18-14/h2-5,7-8,14,18H,6H2,1H3. The predicted molar refractivity (Wildman–Crippen MR) is 75.5 cm³/mol. The van der Waals surface area contributed by atoms with E-state index in [1.54, 1.807) is 25.4 Å². The molecule has 0 saturated heterocycles. The molecule has 1 unspecified atom stereocenters. The molecule has 1 aromatic carbocycles. The summed E-state index contributed by atoms with van der Waals surface area (Å²) in [5.74, 6) is 0.805. The van der Waals surface area contributed by atoms with Gasteiger partial charge in [0.1, 0.15) is 11.6 Å². The van der Waals surface area contributed by atoms with Gasteiger partial charge in [0.05, 0.1) is 17.8 Å². The molecule has 4 nitrogen and oxygen atoms in total. The topological polar surface area (TPSA) is 39.1 Å². The molecular formula is C14H13ClFN3O. The van der Waals surface area contributed by atoms with Crippen LogP contribution in [0.5, 0.6) is 0 Å². The zero-order valence-corrected chi connectivity index (χ0v) is 11.6. The number of allylic oxidation sites excluding steroid dienone is 1. The molecule has 0 aliphatic carbocycles. The largest absolute Gasteiger partial charge is 0.356 e. The first-order valence-electron chi connectivity index (χ1n) is 6.12. The van der Waals surface area contributed by atoms with Gasteiger partial charge in [0, 0.05) is 24.6 Å². The van der Waals surface area contributed by atoms with Crippen molar-refractivity contribution < 1.29 is 9.13 Å². The van der Waals surface area contributed by atoms with Crippen LogP contribution in [0.4, 0.5) is 4.39 Å². The summed E-state index contributed by atoms with van der Waals surface area (Å²) in [6, 6.07) is 6.22. The lowest BCUT2D eigenvalue weighted by molar-refractivity contribution is 0.0761. The van der Waals surface area contributed by atoms with Crippen molar-refractivity contribution in [3.8, 4) is 11.4 Å². The van der Waals surface area contributed by atoms with E-state index in [0.29, 0.717) is 5.88 Å². The summed E-state index contributed by atoms with van der Waals surface area (Å²) in [4.78, 5) is 4.40. The van der Waals surface area contributed by atoms with Crippen molar-refractivity contribution in [1.29, 1.82) is 0 Å². The van der Waals surface area contributed by atoms with Gasteiger partial charge in [0.15, 0.2) is 6.23 Å². The van der Waals surface area contributed by atoms with Gasteiger partial charge >= 0.3 is 0 Å². The highest BCUT2D eigenvalue weighted by Crippen LogP contribution is 2.28. The lowest BCUT2D eigenvalue weighted by Crippen LogP contribution is -2.29. The number of fused-ring (bicyclic) bond motifs is 1. The van der Waals surface area contributed by atoms with Crippen LogP contribution in [0.1, 0.15) is 11.9 Å². The molecule has 104 valence electrons. The number of ether oxygens (including phenoxy) is 1. The molecule has 1 aliphatic rings. The van der Waals surface area contributed by atoms with Gasteiger partial charge < -0.3 is 10.1 Å². The summed E-state index contributed by atoms with van der Waals surface area (Å²) < 4.78 is 20.3. The summed E-state index contributed by atoms with van der Waals surface area (Å²) >= 11 is 5.89. The molecule has 0 spiro atoms. The average molecular weight is 294 g/mol. The summed E-state index contributed by atoms with van der Waals surface area (Å²) in [5.41, 5.74) is 2.55. The fraction of sp³-hybridized carbons (Fsp3) is 0.214.